The molecular formula is C20H16N2O8. The van der Waals surface area contributed by atoms with Gasteiger partial charge in [-0.25, -0.2) is 9.59 Å². The van der Waals surface area contributed by atoms with Crippen LogP contribution >= 0.6 is 0 Å². The molecule has 0 fully saturated rings. The summed E-state index contributed by atoms with van der Waals surface area (Å²) in [6, 6.07) is 9.82. The fourth-order valence-corrected chi connectivity index (χ4v) is 2.19. The molecule has 0 saturated heterocycles. The van der Waals surface area contributed by atoms with Crippen molar-refractivity contribution < 1.29 is 28.9 Å². The van der Waals surface area contributed by atoms with Crippen molar-refractivity contribution in [3.63, 3.8) is 0 Å². The van der Waals surface area contributed by atoms with Crippen molar-refractivity contribution >= 4 is 23.3 Å². The number of non-ortho nitro benzene ring substituents is 2. The van der Waals surface area contributed by atoms with Gasteiger partial charge in [-0.2, -0.15) is 0 Å². The molecule has 0 amide bonds. The minimum Gasteiger partial charge on any atom is -0.449 e. The zero-order valence-electron chi connectivity index (χ0n) is 16.0. The number of carbonyl (C=O) groups is 2. The van der Waals surface area contributed by atoms with Gasteiger partial charge < -0.3 is 9.47 Å². The number of esters is 2. The van der Waals surface area contributed by atoms with Crippen molar-refractivity contribution in [2.75, 3.05) is 6.61 Å². The molecule has 0 bridgehead atoms. The maximum absolute atomic E-state index is 12.1. The van der Waals surface area contributed by atoms with Gasteiger partial charge in [0.05, 0.1) is 21.0 Å². The number of nitrogens with zero attached hydrogens (tertiary/aromatic N) is 2. The van der Waals surface area contributed by atoms with E-state index in [0.29, 0.717) is 0 Å². The molecule has 10 nitrogen and oxygen atoms in total. The Hall–Kier alpha value is -4.26. The number of rotatable bonds is 6. The quantitative estimate of drug-likeness (QED) is 0.305. The van der Waals surface area contributed by atoms with Crippen molar-refractivity contribution in [3.05, 3.63) is 79.9 Å². The highest BCUT2D eigenvalue weighted by molar-refractivity contribution is 5.90. The molecule has 30 heavy (non-hydrogen) atoms. The third-order valence-corrected chi connectivity index (χ3v) is 3.64. The van der Waals surface area contributed by atoms with E-state index in [-0.39, 0.29) is 29.1 Å². The molecule has 154 valence electrons. The Kier molecular flexibility index (Phi) is 6.82. The van der Waals surface area contributed by atoms with Crippen LogP contribution in [0.15, 0.2) is 48.5 Å². The molecule has 0 radical (unpaired) electrons. The molecule has 0 atom stereocenters. The third kappa shape index (κ3) is 6.13. The highest BCUT2D eigenvalue weighted by Gasteiger charge is 2.21. The Morgan fingerprint density at radius 1 is 0.867 bits per heavy atom. The number of benzene rings is 2. The molecule has 0 unspecified atom stereocenters. The summed E-state index contributed by atoms with van der Waals surface area (Å²) in [5.41, 5.74) is -1.26. The predicted octanol–water partition coefficient (Wildman–Crippen LogP) is 3.30. The van der Waals surface area contributed by atoms with E-state index in [0.717, 1.165) is 0 Å². The maximum Gasteiger partial charge on any atom is 0.339 e. The van der Waals surface area contributed by atoms with E-state index in [9.17, 15) is 29.8 Å². The molecular weight excluding hydrogens is 396 g/mol. The maximum atomic E-state index is 12.1. The molecule has 2 aromatic carbocycles. The Bertz CT molecular complexity index is 1030. The standard InChI is InChI=1S/C20H16N2O8/c1-20(2,30-19(24)15-6-10-17(11-7-15)22(27)28)12-3-13-29-18(23)14-4-8-16(9-5-14)21(25)26/h4-11H,13H2,1-2H3. The Labute approximate surface area is 170 Å². The third-order valence-electron chi connectivity index (χ3n) is 3.64. The first kappa shape index (κ1) is 22.0. The van der Waals surface area contributed by atoms with Crippen LogP contribution in [0.25, 0.3) is 0 Å². The summed E-state index contributed by atoms with van der Waals surface area (Å²) in [7, 11) is 0. The monoisotopic (exact) mass is 412 g/mol. The van der Waals surface area contributed by atoms with Crippen molar-refractivity contribution in [2.24, 2.45) is 0 Å². The molecule has 2 aromatic rings. The number of nitro groups is 2. The molecule has 0 N–H and O–H groups in total. The van der Waals surface area contributed by atoms with E-state index in [1.807, 2.05) is 0 Å². The van der Waals surface area contributed by atoms with E-state index >= 15 is 0 Å². The van der Waals surface area contributed by atoms with Gasteiger partial charge in [0.2, 0.25) is 0 Å². The zero-order chi connectivity index (χ0) is 22.3. The summed E-state index contributed by atoms with van der Waals surface area (Å²) in [6.45, 7) is 2.78. The van der Waals surface area contributed by atoms with Gasteiger partial charge in [0.25, 0.3) is 11.4 Å². The molecule has 2 rings (SSSR count). The van der Waals surface area contributed by atoms with Crippen LogP contribution in [0.4, 0.5) is 11.4 Å². The van der Waals surface area contributed by atoms with Crippen LogP contribution < -0.4 is 0 Å². The lowest BCUT2D eigenvalue weighted by molar-refractivity contribution is -0.385. The van der Waals surface area contributed by atoms with Crippen molar-refractivity contribution in [1.82, 2.24) is 0 Å². The molecule has 0 spiro atoms. The van der Waals surface area contributed by atoms with Gasteiger partial charge in [-0.3, -0.25) is 20.2 Å². The summed E-state index contributed by atoms with van der Waals surface area (Å²) >= 11 is 0. The first-order chi connectivity index (χ1) is 14.1. The van der Waals surface area contributed by atoms with E-state index in [1.165, 1.54) is 62.4 Å². The first-order valence-corrected chi connectivity index (χ1v) is 8.48. The van der Waals surface area contributed by atoms with Gasteiger partial charge in [0, 0.05) is 24.3 Å². The molecule has 0 aromatic heterocycles. The highest BCUT2D eigenvalue weighted by atomic mass is 16.6. The average Bonchev–Trinajstić information content (AvgIpc) is 2.70. The molecule has 0 saturated carbocycles. The minimum absolute atomic E-state index is 0.125. The number of nitro benzene ring substituents is 2. The predicted molar refractivity (Wildman–Crippen MR) is 104 cm³/mol. The fraction of sp³-hybridized carbons (Fsp3) is 0.200. The number of hydrogen-bond donors (Lipinski definition) is 0. The second-order valence-electron chi connectivity index (χ2n) is 6.39. The lowest BCUT2D eigenvalue weighted by Crippen LogP contribution is -2.26. The lowest BCUT2D eigenvalue weighted by Gasteiger charge is -2.18. The summed E-state index contributed by atoms with van der Waals surface area (Å²) in [5, 5.41) is 21.3. The smallest absolute Gasteiger partial charge is 0.339 e. The van der Waals surface area contributed by atoms with Crippen molar-refractivity contribution in [2.45, 2.75) is 19.4 Å². The van der Waals surface area contributed by atoms with Crippen LogP contribution in [0.1, 0.15) is 34.6 Å². The summed E-state index contributed by atoms with van der Waals surface area (Å²) in [5.74, 6) is 3.80. The second-order valence-corrected chi connectivity index (χ2v) is 6.39. The van der Waals surface area contributed by atoms with Crippen LogP contribution in [-0.2, 0) is 9.47 Å². The summed E-state index contributed by atoms with van der Waals surface area (Å²) in [6.07, 6.45) is 0. The lowest BCUT2D eigenvalue weighted by atomic mass is 10.1. The zero-order valence-corrected chi connectivity index (χ0v) is 16.0. The van der Waals surface area contributed by atoms with Crippen molar-refractivity contribution in [1.29, 1.82) is 0 Å². The van der Waals surface area contributed by atoms with E-state index < -0.39 is 27.4 Å². The number of carbonyl (C=O) groups excluding carboxylic acids is 2. The van der Waals surface area contributed by atoms with Gasteiger partial charge >= 0.3 is 11.9 Å². The van der Waals surface area contributed by atoms with Crippen LogP contribution in [0.2, 0.25) is 0 Å². The molecule has 0 aliphatic rings. The second kappa shape index (κ2) is 9.29. The Morgan fingerprint density at radius 3 is 1.73 bits per heavy atom. The van der Waals surface area contributed by atoms with Gasteiger partial charge in [-0.1, -0.05) is 11.8 Å². The average molecular weight is 412 g/mol. The van der Waals surface area contributed by atoms with Crippen molar-refractivity contribution in [3.8, 4) is 11.8 Å². The summed E-state index contributed by atoms with van der Waals surface area (Å²) < 4.78 is 10.2. The first-order valence-electron chi connectivity index (χ1n) is 8.48. The number of hydrogen-bond acceptors (Lipinski definition) is 8. The van der Waals surface area contributed by atoms with Crippen LogP contribution in [-0.4, -0.2) is 34.0 Å². The molecule has 0 aliphatic carbocycles. The SMILES string of the molecule is CC(C)(C#CCOC(=O)c1ccc([N+](=O)[O-])cc1)OC(=O)c1ccc([N+](=O)[O-])cc1. The summed E-state index contributed by atoms with van der Waals surface area (Å²) in [4.78, 5) is 44.1. The topological polar surface area (TPSA) is 139 Å². The number of ether oxygens (including phenoxy) is 2. The van der Waals surface area contributed by atoms with Gasteiger partial charge in [0.15, 0.2) is 12.2 Å². The van der Waals surface area contributed by atoms with Crippen LogP contribution in [0.5, 0.6) is 0 Å². The Balaban J connectivity index is 1.91. The highest BCUT2D eigenvalue weighted by Crippen LogP contribution is 2.16. The largest absolute Gasteiger partial charge is 0.449 e. The van der Waals surface area contributed by atoms with Crippen LogP contribution in [0, 0.1) is 32.1 Å². The minimum atomic E-state index is -1.21. The van der Waals surface area contributed by atoms with Gasteiger partial charge in [-0.05, 0) is 38.1 Å². The Morgan fingerprint density at radius 2 is 1.30 bits per heavy atom. The normalized spacial score (nSPS) is 10.3. The molecule has 10 heteroatoms. The van der Waals surface area contributed by atoms with Gasteiger partial charge in [-0.15, -0.1) is 0 Å². The molecule has 0 heterocycles. The van der Waals surface area contributed by atoms with Gasteiger partial charge in [0.1, 0.15) is 0 Å². The van der Waals surface area contributed by atoms with E-state index in [4.69, 9.17) is 9.47 Å². The van der Waals surface area contributed by atoms with E-state index in [2.05, 4.69) is 11.8 Å². The van der Waals surface area contributed by atoms with Crippen LogP contribution in [0.3, 0.4) is 0 Å². The fourth-order valence-electron chi connectivity index (χ4n) is 2.19. The molecule has 0 aliphatic heterocycles. The van der Waals surface area contributed by atoms with E-state index in [1.54, 1.807) is 0 Å².